The smallest absolute Gasteiger partial charge is 0.227 e. The first-order valence-electron chi connectivity index (χ1n) is 10.4. The Hall–Kier alpha value is -3.47. The van der Waals surface area contributed by atoms with Crippen LogP contribution in [0, 0.1) is 11.6 Å². The van der Waals surface area contributed by atoms with E-state index in [9.17, 15) is 8.78 Å². The molecule has 0 atom stereocenters. The number of hydrogen-bond acceptors (Lipinski definition) is 9. The van der Waals surface area contributed by atoms with E-state index in [-0.39, 0.29) is 34.8 Å². The van der Waals surface area contributed by atoms with Crippen LogP contribution >= 0.6 is 0 Å². The van der Waals surface area contributed by atoms with Crippen LogP contribution in [0.15, 0.2) is 35.3 Å². The number of ether oxygens (including phenoxy) is 3. The van der Waals surface area contributed by atoms with E-state index in [0.717, 1.165) is 32.0 Å². The minimum atomic E-state index is -0.864. The lowest BCUT2D eigenvalue weighted by molar-refractivity contribution is 0.257. The molecule has 3 N–H and O–H groups in total. The number of nitrogens with two attached hydrogens (primary N) is 1. The van der Waals surface area contributed by atoms with Crippen molar-refractivity contribution in [1.82, 2.24) is 14.9 Å². The van der Waals surface area contributed by atoms with Crippen molar-refractivity contribution < 1.29 is 23.0 Å². The lowest BCUT2D eigenvalue weighted by Crippen LogP contribution is -2.32. The summed E-state index contributed by atoms with van der Waals surface area (Å²) in [4.78, 5) is 15.1. The molecule has 2 heterocycles. The molecule has 2 aromatic rings. The number of methoxy groups -OCH3 is 2. The van der Waals surface area contributed by atoms with Crippen LogP contribution in [0.5, 0.6) is 17.2 Å². The fraction of sp³-hybridized carbons (Fsp3) is 0.409. The highest BCUT2D eigenvalue weighted by Crippen LogP contribution is 2.31. The number of rotatable bonds is 9. The summed E-state index contributed by atoms with van der Waals surface area (Å²) in [6.07, 6.45) is 7.80. The lowest BCUT2D eigenvalue weighted by Gasteiger charge is -2.26. The molecule has 33 heavy (non-hydrogen) atoms. The van der Waals surface area contributed by atoms with Gasteiger partial charge in [-0.3, -0.25) is 4.99 Å². The number of nitrogens with one attached hydrogen (secondary N) is 1. The molecule has 9 nitrogen and oxygen atoms in total. The van der Waals surface area contributed by atoms with E-state index in [4.69, 9.17) is 19.9 Å². The van der Waals surface area contributed by atoms with Gasteiger partial charge in [0.15, 0.2) is 28.9 Å². The molecule has 1 aromatic heterocycles. The van der Waals surface area contributed by atoms with E-state index in [0.29, 0.717) is 5.70 Å². The van der Waals surface area contributed by atoms with Crippen molar-refractivity contribution >= 4 is 12.2 Å². The van der Waals surface area contributed by atoms with Crippen LogP contribution in [0.1, 0.15) is 18.4 Å². The van der Waals surface area contributed by atoms with Crippen LogP contribution in [0.2, 0.25) is 0 Å². The first kappa shape index (κ1) is 24.2. The zero-order valence-electron chi connectivity index (χ0n) is 18.8. The Morgan fingerprint density at radius 3 is 2.33 bits per heavy atom. The zero-order valence-corrected chi connectivity index (χ0v) is 18.8. The number of nitrogens with zero attached hydrogens (tertiary/aromatic N) is 4. The molecule has 1 aliphatic rings. The van der Waals surface area contributed by atoms with Crippen LogP contribution in [0.4, 0.5) is 14.7 Å². The Morgan fingerprint density at radius 2 is 1.79 bits per heavy atom. The maximum atomic E-state index is 14.5. The SMILES string of the molecule is COc1cc(OC)c(F)c(COc2cnc(N/C(C=NC3CCN(C)CC3)=C/N)nc2)c1F. The average Bonchev–Trinajstić information content (AvgIpc) is 2.83. The van der Waals surface area contributed by atoms with Crippen LogP contribution < -0.4 is 25.3 Å². The number of anilines is 1. The summed E-state index contributed by atoms with van der Waals surface area (Å²) in [5.74, 6) is -1.53. The summed E-state index contributed by atoms with van der Waals surface area (Å²) < 4.78 is 44.2. The van der Waals surface area contributed by atoms with E-state index in [1.165, 1.54) is 32.8 Å². The summed E-state index contributed by atoms with van der Waals surface area (Å²) in [7, 11) is 4.66. The molecule has 1 aliphatic heterocycles. The Balaban J connectivity index is 1.60. The van der Waals surface area contributed by atoms with Crippen molar-refractivity contribution in [2.45, 2.75) is 25.5 Å². The van der Waals surface area contributed by atoms with Gasteiger partial charge < -0.3 is 30.2 Å². The number of piperidine rings is 1. The summed E-state index contributed by atoms with van der Waals surface area (Å²) >= 11 is 0. The third kappa shape index (κ3) is 6.28. The first-order valence-corrected chi connectivity index (χ1v) is 10.4. The molecule has 0 unspecified atom stereocenters. The topological polar surface area (TPSA) is 107 Å². The predicted octanol–water partition coefficient (Wildman–Crippen LogP) is 2.73. The Bertz CT molecular complexity index is 964. The second kappa shape index (κ2) is 11.4. The maximum absolute atomic E-state index is 14.5. The summed E-state index contributed by atoms with van der Waals surface area (Å²) in [6.45, 7) is 1.62. The molecule has 0 radical (unpaired) electrons. The molecule has 0 amide bonds. The third-order valence-corrected chi connectivity index (χ3v) is 5.22. The van der Waals surface area contributed by atoms with Crippen molar-refractivity contribution in [2.75, 3.05) is 39.7 Å². The molecule has 178 valence electrons. The highest BCUT2D eigenvalue weighted by molar-refractivity contribution is 5.82. The highest BCUT2D eigenvalue weighted by atomic mass is 19.1. The number of halogens is 2. The summed E-state index contributed by atoms with van der Waals surface area (Å²) in [5.41, 5.74) is 5.90. The van der Waals surface area contributed by atoms with Crippen LogP contribution in [-0.2, 0) is 6.61 Å². The Kier molecular flexibility index (Phi) is 8.36. The van der Waals surface area contributed by atoms with Crippen molar-refractivity contribution in [3.8, 4) is 17.2 Å². The molecule has 1 fully saturated rings. The minimum Gasteiger partial charge on any atom is -0.494 e. The third-order valence-electron chi connectivity index (χ3n) is 5.22. The highest BCUT2D eigenvalue weighted by Gasteiger charge is 2.20. The van der Waals surface area contributed by atoms with Crippen LogP contribution in [-0.4, -0.2) is 61.5 Å². The molecule has 1 saturated heterocycles. The van der Waals surface area contributed by atoms with Gasteiger partial charge in [-0.15, -0.1) is 0 Å². The van der Waals surface area contributed by atoms with Gasteiger partial charge in [0.05, 0.1) is 43.9 Å². The normalized spacial score (nSPS) is 15.6. The van der Waals surface area contributed by atoms with Gasteiger partial charge in [0.1, 0.15) is 6.61 Å². The largest absolute Gasteiger partial charge is 0.494 e. The van der Waals surface area contributed by atoms with Gasteiger partial charge in [0.2, 0.25) is 5.95 Å². The minimum absolute atomic E-state index is 0.148. The predicted molar refractivity (Wildman–Crippen MR) is 121 cm³/mol. The van der Waals surface area contributed by atoms with Crippen molar-refractivity contribution in [1.29, 1.82) is 0 Å². The van der Waals surface area contributed by atoms with Gasteiger partial charge in [-0.05, 0) is 33.0 Å². The van der Waals surface area contributed by atoms with Gasteiger partial charge in [-0.2, -0.15) is 0 Å². The Morgan fingerprint density at radius 1 is 1.18 bits per heavy atom. The molecule has 0 bridgehead atoms. The standard InChI is InChI=1S/C22H28F2N6O3/c1-30-6-4-14(5-7-30)26-10-15(9-25)29-22-27-11-16(12-28-22)33-13-17-20(23)18(31-2)8-19(32-3)21(17)24/h8-12,14H,4-7,13,25H2,1-3H3,(H,27,28,29)/b15-9+,26-10?. The quantitative estimate of drug-likeness (QED) is 0.548. The number of hydrogen-bond donors (Lipinski definition) is 2. The fourth-order valence-electron chi connectivity index (χ4n) is 3.25. The number of allylic oxidation sites excluding steroid dienone is 1. The summed E-state index contributed by atoms with van der Waals surface area (Å²) in [5, 5.41) is 2.97. The van der Waals surface area contributed by atoms with E-state index < -0.39 is 18.2 Å². The van der Waals surface area contributed by atoms with Crippen LogP contribution in [0.25, 0.3) is 0 Å². The number of benzene rings is 1. The number of aliphatic imine (C=N–C) groups is 1. The number of aromatic nitrogens is 2. The zero-order chi connectivity index (χ0) is 23.8. The fourth-order valence-corrected chi connectivity index (χ4v) is 3.25. The first-order chi connectivity index (χ1) is 15.9. The second-order valence-electron chi connectivity index (χ2n) is 7.48. The molecule has 3 rings (SSSR count). The molecular weight excluding hydrogens is 434 g/mol. The van der Waals surface area contributed by atoms with E-state index >= 15 is 0 Å². The van der Waals surface area contributed by atoms with Crippen molar-refractivity contribution in [2.24, 2.45) is 10.7 Å². The molecule has 1 aromatic carbocycles. The van der Waals surface area contributed by atoms with Crippen molar-refractivity contribution in [3.63, 3.8) is 0 Å². The van der Waals surface area contributed by atoms with Gasteiger partial charge in [-0.25, -0.2) is 18.7 Å². The molecule has 0 spiro atoms. The average molecular weight is 463 g/mol. The van der Waals surface area contributed by atoms with E-state index in [2.05, 4.69) is 32.2 Å². The van der Waals surface area contributed by atoms with E-state index in [1.807, 2.05) is 0 Å². The Labute approximate surface area is 191 Å². The molecule has 0 saturated carbocycles. The second-order valence-corrected chi connectivity index (χ2v) is 7.48. The molecular formula is C22H28F2N6O3. The van der Waals surface area contributed by atoms with Gasteiger partial charge in [0, 0.05) is 18.5 Å². The molecule has 0 aliphatic carbocycles. The van der Waals surface area contributed by atoms with E-state index in [1.54, 1.807) is 6.21 Å². The van der Waals surface area contributed by atoms with Gasteiger partial charge in [0.25, 0.3) is 0 Å². The van der Waals surface area contributed by atoms with Crippen LogP contribution in [0.3, 0.4) is 0 Å². The van der Waals surface area contributed by atoms with Crippen molar-refractivity contribution in [3.05, 3.63) is 47.6 Å². The van der Waals surface area contributed by atoms with Gasteiger partial charge >= 0.3 is 0 Å². The number of likely N-dealkylation sites (tertiary alicyclic amines) is 1. The van der Waals surface area contributed by atoms with Gasteiger partial charge in [-0.1, -0.05) is 0 Å². The summed E-state index contributed by atoms with van der Waals surface area (Å²) in [6, 6.07) is 1.39. The lowest BCUT2D eigenvalue weighted by atomic mass is 10.1. The maximum Gasteiger partial charge on any atom is 0.227 e. The monoisotopic (exact) mass is 462 g/mol. The molecule has 11 heteroatoms.